The number of carbonyl (C=O) groups excluding carboxylic acids is 1. The molecule has 0 saturated carbocycles. The molecule has 1 heterocycles. The first-order chi connectivity index (χ1) is 6.15. The second-order valence-corrected chi connectivity index (χ2v) is 2.79. The molecule has 0 aliphatic rings. The van der Waals surface area contributed by atoms with Gasteiger partial charge in [-0.1, -0.05) is 6.07 Å². The van der Waals surface area contributed by atoms with E-state index in [0.29, 0.717) is 11.4 Å². The molecule has 4 heteroatoms. The lowest BCUT2D eigenvalue weighted by Crippen LogP contribution is -2.17. The van der Waals surface area contributed by atoms with E-state index in [4.69, 9.17) is 10.8 Å². The van der Waals surface area contributed by atoms with Crippen LogP contribution in [0, 0.1) is 0 Å². The first-order valence-electron chi connectivity index (χ1n) is 3.99. The average Bonchev–Trinajstić information content (AvgIpc) is 2.17. The summed E-state index contributed by atoms with van der Waals surface area (Å²) in [5, 5.41) is 8.77. The van der Waals surface area contributed by atoms with Crippen LogP contribution in [0.2, 0.25) is 0 Å². The zero-order valence-corrected chi connectivity index (χ0v) is 7.40. The Hall–Kier alpha value is -1.26. The van der Waals surface area contributed by atoms with Gasteiger partial charge in [0.25, 0.3) is 0 Å². The van der Waals surface area contributed by atoms with Gasteiger partial charge in [-0.05, 0) is 12.1 Å². The molecule has 4 nitrogen and oxygen atoms in total. The Bertz CT molecular complexity index is 312. The fourth-order valence-electron chi connectivity index (χ4n) is 0.948. The van der Waals surface area contributed by atoms with E-state index in [-0.39, 0.29) is 12.4 Å². The minimum Gasteiger partial charge on any atom is -0.394 e. The monoisotopic (exact) mass is 180 g/mol. The van der Waals surface area contributed by atoms with Crippen molar-refractivity contribution in [3.63, 3.8) is 0 Å². The smallest absolute Gasteiger partial charge is 0.178 e. The Morgan fingerprint density at radius 2 is 2.38 bits per heavy atom. The Kier molecular flexibility index (Phi) is 3.11. The molecule has 1 aromatic rings. The second kappa shape index (κ2) is 4.11. The summed E-state index contributed by atoms with van der Waals surface area (Å²) in [6.45, 7) is 1.27. The predicted octanol–water partition coefficient (Wildman–Crippen LogP) is 0.276. The molecule has 70 valence electrons. The van der Waals surface area contributed by atoms with E-state index in [0.717, 1.165) is 0 Å². The van der Waals surface area contributed by atoms with E-state index < -0.39 is 6.04 Å². The van der Waals surface area contributed by atoms with Gasteiger partial charge < -0.3 is 10.8 Å². The van der Waals surface area contributed by atoms with Gasteiger partial charge in [0.2, 0.25) is 0 Å². The number of nitrogens with two attached hydrogens (primary N) is 1. The van der Waals surface area contributed by atoms with Crippen LogP contribution in [-0.2, 0) is 0 Å². The lowest BCUT2D eigenvalue weighted by Gasteiger charge is -2.07. The number of hydrogen-bond acceptors (Lipinski definition) is 4. The minimum absolute atomic E-state index is 0.105. The molecule has 1 unspecified atom stereocenters. The molecule has 0 radical (unpaired) electrons. The van der Waals surface area contributed by atoms with Crippen molar-refractivity contribution in [2.24, 2.45) is 5.73 Å². The molecule has 0 bridgehead atoms. The number of Topliss-reactive ketones (excluding diaryl/α,β-unsaturated/α-hetero) is 1. The summed E-state index contributed by atoms with van der Waals surface area (Å²) in [6, 6.07) is 4.50. The van der Waals surface area contributed by atoms with Gasteiger partial charge in [0.05, 0.1) is 18.3 Å². The minimum atomic E-state index is -0.515. The zero-order valence-electron chi connectivity index (χ0n) is 7.40. The first-order valence-corrected chi connectivity index (χ1v) is 3.99. The van der Waals surface area contributed by atoms with Crippen LogP contribution in [0.1, 0.15) is 29.1 Å². The molecule has 0 amide bonds. The average molecular weight is 180 g/mol. The van der Waals surface area contributed by atoms with Gasteiger partial charge >= 0.3 is 0 Å². The maximum absolute atomic E-state index is 10.9. The normalized spacial score (nSPS) is 12.5. The number of nitrogens with zero attached hydrogens (tertiary/aromatic N) is 1. The summed E-state index contributed by atoms with van der Waals surface area (Å²) >= 11 is 0. The highest BCUT2D eigenvalue weighted by Gasteiger charge is 2.07. The van der Waals surface area contributed by atoms with Gasteiger partial charge in [-0.15, -0.1) is 0 Å². The maximum atomic E-state index is 10.9. The summed E-state index contributed by atoms with van der Waals surface area (Å²) < 4.78 is 0. The standard InChI is InChI=1S/C9H12N2O2/c1-6(13)8-3-2-4-9(11-8)7(10)5-12/h2-4,7,12H,5,10H2,1H3. The third-order valence-corrected chi connectivity index (χ3v) is 1.71. The molecule has 1 atom stereocenters. The highest BCUT2D eigenvalue weighted by molar-refractivity contribution is 5.92. The summed E-state index contributed by atoms with van der Waals surface area (Å²) in [5.74, 6) is -0.105. The van der Waals surface area contributed by atoms with Crippen LogP contribution in [0.25, 0.3) is 0 Å². The second-order valence-electron chi connectivity index (χ2n) is 2.79. The SMILES string of the molecule is CC(=O)c1cccc(C(N)CO)n1. The Morgan fingerprint density at radius 1 is 1.69 bits per heavy atom. The van der Waals surface area contributed by atoms with Gasteiger partial charge in [-0.25, -0.2) is 4.98 Å². The predicted molar refractivity (Wildman–Crippen MR) is 48.3 cm³/mol. The van der Waals surface area contributed by atoms with E-state index in [1.165, 1.54) is 6.92 Å². The van der Waals surface area contributed by atoms with Crippen LogP contribution in [0.3, 0.4) is 0 Å². The van der Waals surface area contributed by atoms with Gasteiger partial charge in [0.1, 0.15) is 5.69 Å². The third kappa shape index (κ3) is 2.34. The van der Waals surface area contributed by atoms with Crippen molar-refractivity contribution < 1.29 is 9.90 Å². The fourth-order valence-corrected chi connectivity index (χ4v) is 0.948. The quantitative estimate of drug-likeness (QED) is 0.655. The van der Waals surface area contributed by atoms with Crippen LogP contribution in [0.4, 0.5) is 0 Å². The van der Waals surface area contributed by atoms with E-state index in [9.17, 15) is 4.79 Å². The topological polar surface area (TPSA) is 76.2 Å². The molecular formula is C9H12N2O2. The number of aromatic nitrogens is 1. The van der Waals surface area contributed by atoms with Gasteiger partial charge in [-0.2, -0.15) is 0 Å². The molecule has 0 aliphatic heterocycles. The summed E-state index contributed by atoms with van der Waals surface area (Å²) in [7, 11) is 0. The largest absolute Gasteiger partial charge is 0.394 e. The molecule has 13 heavy (non-hydrogen) atoms. The molecule has 1 rings (SSSR count). The molecule has 0 aromatic carbocycles. The maximum Gasteiger partial charge on any atom is 0.178 e. The number of aliphatic hydroxyl groups excluding tert-OH is 1. The molecular weight excluding hydrogens is 168 g/mol. The Balaban J connectivity index is 2.98. The highest BCUT2D eigenvalue weighted by atomic mass is 16.3. The summed E-state index contributed by atoms with van der Waals surface area (Å²) in [6.07, 6.45) is 0. The van der Waals surface area contributed by atoms with E-state index in [2.05, 4.69) is 4.98 Å². The first kappa shape index (κ1) is 9.83. The molecule has 0 saturated heterocycles. The number of pyridine rings is 1. The van der Waals surface area contributed by atoms with Gasteiger partial charge in [0.15, 0.2) is 5.78 Å². The molecule has 1 aromatic heterocycles. The Labute approximate surface area is 76.4 Å². The molecule has 0 spiro atoms. The highest BCUT2D eigenvalue weighted by Crippen LogP contribution is 2.07. The lowest BCUT2D eigenvalue weighted by atomic mass is 10.2. The van der Waals surface area contributed by atoms with Crippen molar-refractivity contribution in [1.29, 1.82) is 0 Å². The van der Waals surface area contributed by atoms with Crippen molar-refractivity contribution in [2.45, 2.75) is 13.0 Å². The van der Waals surface area contributed by atoms with Crippen LogP contribution in [-0.4, -0.2) is 22.5 Å². The van der Waals surface area contributed by atoms with Gasteiger partial charge in [-0.3, -0.25) is 4.79 Å². The van der Waals surface area contributed by atoms with Crippen molar-refractivity contribution in [3.05, 3.63) is 29.6 Å². The van der Waals surface area contributed by atoms with Crippen molar-refractivity contribution in [2.75, 3.05) is 6.61 Å². The number of aliphatic hydroxyl groups is 1. The van der Waals surface area contributed by atoms with E-state index in [1.54, 1.807) is 18.2 Å². The summed E-state index contributed by atoms with van der Waals surface area (Å²) in [4.78, 5) is 15.0. The molecule has 3 N–H and O–H groups in total. The lowest BCUT2D eigenvalue weighted by molar-refractivity contribution is 0.101. The number of ketones is 1. The number of hydrogen-bond donors (Lipinski definition) is 2. The molecule has 0 aliphatic carbocycles. The van der Waals surface area contributed by atoms with Crippen LogP contribution < -0.4 is 5.73 Å². The molecule has 0 fully saturated rings. The van der Waals surface area contributed by atoms with E-state index in [1.807, 2.05) is 0 Å². The van der Waals surface area contributed by atoms with Gasteiger partial charge in [0, 0.05) is 6.92 Å². The fraction of sp³-hybridized carbons (Fsp3) is 0.333. The van der Waals surface area contributed by atoms with Crippen LogP contribution in [0.15, 0.2) is 18.2 Å². The number of carbonyl (C=O) groups is 1. The zero-order chi connectivity index (χ0) is 9.84. The summed E-state index contributed by atoms with van der Waals surface area (Å²) in [5.41, 5.74) is 6.45. The van der Waals surface area contributed by atoms with Crippen molar-refractivity contribution in [1.82, 2.24) is 4.98 Å². The van der Waals surface area contributed by atoms with Crippen LogP contribution in [0.5, 0.6) is 0 Å². The van der Waals surface area contributed by atoms with Crippen LogP contribution >= 0.6 is 0 Å². The van der Waals surface area contributed by atoms with Crippen molar-refractivity contribution in [3.8, 4) is 0 Å². The number of rotatable bonds is 3. The third-order valence-electron chi connectivity index (χ3n) is 1.71. The van der Waals surface area contributed by atoms with Crippen molar-refractivity contribution >= 4 is 5.78 Å². The van der Waals surface area contributed by atoms with E-state index >= 15 is 0 Å². The Morgan fingerprint density at radius 3 is 2.92 bits per heavy atom.